The van der Waals surface area contributed by atoms with E-state index in [0.29, 0.717) is 16.7 Å². The number of benzene rings is 1. The number of ether oxygens (including phenoxy) is 1. The Labute approximate surface area is 142 Å². The smallest absolute Gasteiger partial charge is 0.119 e. The average Bonchev–Trinajstić information content (AvgIpc) is 2.42. The molecule has 1 aromatic rings. The van der Waals surface area contributed by atoms with Crippen LogP contribution in [0.3, 0.4) is 0 Å². The molecule has 2 rings (SSSR count). The first-order valence-corrected chi connectivity index (χ1v) is 9.00. The Kier molecular flexibility index (Phi) is 5.65. The summed E-state index contributed by atoms with van der Waals surface area (Å²) in [6.45, 7) is 7.06. The van der Waals surface area contributed by atoms with Crippen LogP contribution >= 0.6 is 27.5 Å². The Morgan fingerprint density at radius 2 is 2.00 bits per heavy atom. The lowest BCUT2D eigenvalue weighted by molar-refractivity contribution is 0.144. The van der Waals surface area contributed by atoms with Gasteiger partial charge in [-0.05, 0) is 66.7 Å². The molecule has 3 atom stereocenters. The molecule has 3 heteroatoms. The summed E-state index contributed by atoms with van der Waals surface area (Å²) in [4.78, 5) is 0. The molecule has 3 unspecified atom stereocenters. The standard InChI is InChI=1S/C18H26BrClO/c1-18(2,3)14-5-8-17(20)13(10-14)9-12-11-15(21-4)6-7-16(12)19/h6-7,11,13-14,17H,5,8-10H2,1-4H3. The summed E-state index contributed by atoms with van der Waals surface area (Å²) in [6.07, 6.45) is 4.64. The van der Waals surface area contributed by atoms with Gasteiger partial charge in [0, 0.05) is 9.85 Å². The van der Waals surface area contributed by atoms with Crippen molar-refractivity contribution >= 4 is 27.5 Å². The van der Waals surface area contributed by atoms with Gasteiger partial charge >= 0.3 is 0 Å². The Balaban J connectivity index is 2.13. The first-order valence-electron chi connectivity index (χ1n) is 7.77. The highest BCUT2D eigenvalue weighted by atomic mass is 79.9. The van der Waals surface area contributed by atoms with Crippen LogP contribution in [0.4, 0.5) is 0 Å². The van der Waals surface area contributed by atoms with Crippen molar-refractivity contribution in [2.24, 2.45) is 17.3 Å². The first kappa shape index (κ1) is 17.1. The zero-order chi connectivity index (χ0) is 15.6. The number of methoxy groups -OCH3 is 1. The summed E-state index contributed by atoms with van der Waals surface area (Å²) < 4.78 is 6.50. The molecule has 0 spiro atoms. The van der Waals surface area contributed by atoms with Crippen LogP contribution < -0.4 is 4.74 Å². The van der Waals surface area contributed by atoms with Crippen LogP contribution in [-0.2, 0) is 6.42 Å². The number of alkyl halides is 1. The molecule has 1 aromatic carbocycles. The first-order chi connectivity index (χ1) is 9.81. The maximum atomic E-state index is 6.63. The second kappa shape index (κ2) is 6.91. The second-order valence-corrected chi connectivity index (χ2v) is 8.73. The van der Waals surface area contributed by atoms with Gasteiger partial charge in [-0.1, -0.05) is 36.7 Å². The van der Waals surface area contributed by atoms with Crippen molar-refractivity contribution in [2.75, 3.05) is 7.11 Å². The highest BCUT2D eigenvalue weighted by Crippen LogP contribution is 2.43. The summed E-state index contributed by atoms with van der Waals surface area (Å²) in [7, 11) is 1.72. The molecule has 0 saturated heterocycles. The summed E-state index contributed by atoms with van der Waals surface area (Å²) >= 11 is 10.3. The predicted molar refractivity (Wildman–Crippen MR) is 94.3 cm³/mol. The fourth-order valence-electron chi connectivity index (χ4n) is 3.34. The van der Waals surface area contributed by atoms with E-state index in [1.165, 1.54) is 18.4 Å². The molecule has 1 saturated carbocycles. The minimum Gasteiger partial charge on any atom is -0.497 e. The molecule has 0 amide bonds. The van der Waals surface area contributed by atoms with E-state index in [9.17, 15) is 0 Å². The third-order valence-electron chi connectivity index (χ3n) is 4.85. The Morgan fingerprint density at radius 3 is 2.62 bits per heavy atom. The third kappa shape index (κ3) is 4.39. The van der Waals surface area contributed by atoms with Crippen molar-refractivity contribution in [3.8, 4) is 5.75 Å². The van der Waals surface area contributed by atoms with Gasteiger partial charge in [0.05, 0.1) is 7.11 Å². The van der Waals surface area contributed by atoms with Gasteiger partial charge in [-0.3, -0.25) is 0 Å². The van der Waals surface area contributed by atoms with E-state index in [1.807, 2.05) is 6.07 Å². The molecule has 0 radical (unpaired) electrons. The molecule has 0 aliphatic heterocycles. The fourth-order valence-corrected chi connectivity index (χ4v) is 4.07. The summed E-state index contributed by atoms with van der Waals surface area (Å²) in [5.41, 5.74) is 1.68. The van der Waals surface area contributed by atoms with E-state index in [-0.39, 0.29) is 0 Å². The van der Waals surface area contributed by atoms with E-state index >= 15 is 0 Å². The Hall–Kier alpha value is -0.210. The molecule has 0 bridgehead atoms. The highest BCUT2D eigenvalue weighted by molar-refractivity contribution is 9.10. The van der Waals surface area contributed by atoms with Gasteiger partial charge in [0.25, 0.3) is 0 Å². The van der Waals surface area contributed by atoms with Gasteiger partial charge < -0.3 is 4.74 Å². The van der Waals surface area contributed by atoms with Crippen LogP contribution in [0, 0.1) is 17.3 Å². The SMILES string of the molecule is COc1ccc(Br)c(CC2CC(C(C)(C)C)CCC2Cl)c1. The van der Waals surface area contributed by atoms with Crippen molar-refractivity contribution in [1.82, 2.24) is 0 Å². The lowest BCUT2D eigenvalue weighted by atomic mass is 9.68. The number of rotatable bonds is 3. The van der Waals surface area contributed by atoms with Gasteiger partial charge in [0.1, 0.15) is 5.75 Å². The normalized spacial score (nSPS) is 26.7. The molecular formula is C18H26BrClO. The molecule has 21 heavy (non-hydrogen) atoms. The van der Waals surface area contributed by atoms with E-state index in [1.54, 1.807) is 7.11 Å². The van der Waals surface area contributed by atoms with Crippen molar-refractivity contribution in [3.63, 3.8) is 0 Å². The topological polar surface area (TPSA) is 9.23 Å². The molecule has 1 fully saturated rings. The van der Waals surface area contributed by atoms with Gasteiger partial charge in [-0.15, -0.1) is 11.6 Å². The molecule has 1 aliphatic rings. The van der Waals surface area contributed by atoms with Crippen LogP contribution in [0.25, 0.3) is 0 Å². The van der Waals surface area contributed by atoms with Gasteiger partial charge in [0.15, 0.2) is 0 Å². The van der Waals surface area contributed by atoms with E-state index in [4.69, 9.17) is 16.3 Å². The van der Waals surface area contributed by atoms with Crippen LogP contribution in [0.15, 0.2) is 22.7 Å². The fraction of sp³-hybridized carbons (Fsp3) is 0.667. The minimum atomic E-state index is 0.293. The summed E-state index contributed by atoms with van der Waals surface area (Å²) in [5, 5.41) is 0.293. The van der Waals surface area contributed by atoms with Crippen molar-refractivity contribution in [2.45, 2.75) is 51.8 Å². The van der Waals surface area contributed by atoms with Crippen LogP contribution in [0.1, 0.15) is 45.6 Å². The Morgan fingerprint density at radius 1 is 1.29 bits per heavy atom. The third-order valence-corrected chi connectivity index (χ3v) is 6.20. The molecule has 0 heterocycles. The quantitative estimate of drug-likeness (QED) is 0.584. The summed E-state index contributed by atoms with van der Waals surface area (Å²) in [6, 6.07) is 6.19. The molecular weight excluding hydrogens is 348 g/mol. The number of hydrogen-bond donors (Lipinski definition) is 0. The van der Waals surface area contributed by atoms with Crippen LogP contribution in [-0.4, -0.2) is 12.5 Å². The maximum absolute atomic E-state index is 6.63. The van der Waals surface area contributed by atoms with E-state index in [0.717, 1.165) is 29.0 Å². The summed E-state index contributed by atoms with van der Waals surface area (Å²) in [5.74, 6) is 2.23. The monoisotopic (exact) mass is 372 g/mol. The molecule has 1 aliphatic carbocycles. The lowest BCUT2D eigenvalue weighted by Crippen LogP contribution is -2.33. The molecule has 0 aromatic heterocycles. The highest BCUT2D eigenvalue weighted by Gasteiger charge is 2.35. The van der Waals surface area contributed by atoms with Gasteiger partial charge in [-0.2, -0.15) is 0 Å². The number of halogens is 2. The van der Waals surface area contributed by atoms with Crippen molar-refractivity contribution in [3.05, 3.63) is 28.2 Å². The minimum absolute atomic E-state index is 0.293. The average molecular weight is 374 g/mol. The number of hydrogen-bond acceptors (Lipinski definition) is 1. The van der Waals surface area contributed by atoms with E-state index in [2.05, 4.69) is 48.8 Å². The largest absolute Gasteiger partial charge is 0.497 e. The predicted octanol–water partition coefficient (Wildman–Crippen LogP) is 6.07. The molecule has 0 N–H and O–H groups in total. The molecule has 1 nitrogen and oxygen atoms in total. The van der Waals surface area contributed by atoms with Gasteiger partial charge in [0.2, 0.25) is 0 Å². The van der Waals surface area contributed by atoms with Crippen molar-refractivity contribution in [1.29, 1.82) is 0 Å². The molecule has 118 valence electrons. The maximum Gasteiger partial charge on any atom is 0.119 e. The Bertz CT molecular complexity index is 481. The van der Waals surface area contributed by atoms with Gasteiger partial charge in [-0.25, -0.2) is 0 Å². The second-order valence-electron chi connectivity index (χ2n) is 7.31. The van der Waals surface area contributed by atoms with Crippen molar-refractivity contribution < 1.29 is 4.74 Å². The van der Waals surface area contributed by atoms with Crippen LogP contribution in [0.5, 0.6) is 5.75 Å². The zero-order valence-corrected chi connectivity index (χ0v) is 15.8. The van der Waals surface area contributed by atoms with Crippen LogP contribution in [0.2, 0.25) is 0 Å². The zero-order valence-electron chi connectivity index (χ0n) is 13.5. The lowest BCUT2D eigenvalue weighted by Gasteiger charge is -2.40. The van der Waals surface area contributed by atoms with E-state index < -0.39 is 0 Å².